The molecule has 1 aliphatic rings. The van der Waals surface area contributed by atoms with Crippen LogP contribution >= 0.6 is 0 Å². The molecule has 1 aromatic heterocycles. The number of nitrogens with zero attached hydrogens (tertiary/aromatic N) is 2. The van der Waals surface area contributed by atoms with E-state index in [1.807, 2.05) is 38.1 Å². The van der Waals surface area contributed by atoms with E-state index in [1.54, 1.807) is 17.3 Å². The third-order valence-corrected chi connectivity index (χ3v) is 3.77. The fourth-order valence-corrected chi connectivity index (χ4v) is 2.66. The van der Waals surface area contributed by atoms with Crippen LogP contribution in [0.4, 0.5) is 5.69 Å². The highest BCUT2D eigenvalue weighted by Crippen LogP contribution is 2.28. The lowest BCUT2D eigenvalue weighted by Gasteiger charge is -2.34. The van der Waals surface area contributed by atoms with Crippen molar-refractivity contribution in [1.29, 1.82) is 0 Å². The minimum absolute atomic E-state index is 0.0516. The van der Waals surface area contributed by atoms with Crippen molar-refractivity contribution in [2.45, 2.75) is 19.9 Å². The van der Waals surface area contributed by atoms with Gasteiger partial charge in [-0.2, -0.15) is 0 Å². The van der Waals surface area contributed by atoms with Crippen molar-refractivity contribution in [3.8, 4) is 0 Å². The summed E-state index contributed by atoms with van der Waals surface area (Å²) in [5.41, 5.74) is 0.742. The molecule has 0 saturated carbocycles. The molecular formula is C16H17N3O2. The zero-order valence-electron chi connectivity index (χ0n) is 12.0. The normalized spacial score (nSPS) is 19.2. The van der Waals surface area contributed by atoms with Crippen LogP contribution in [-0.4, -0.2) is 29.4 Å². The highest BCUT2D eigenvalue weighted by Gasteiger charge is 2.35. The summed E-state index contributed by atoms with van der Waals surface area (Å²) >= 11 is 0. The molecule has 1 fully saturated rings. The number of nitrogens with one attached hydrogen (secondary N) is 1. The molecule has 0 spiro atoms. The quantitative estimate of drug-likeness (QED) is 0.913. The average Bonchev–Trinajstić information content (AvgIpc) is 2.48. The first-order valence-corrected chi connectivity index (χ1v) is 7.01. The molecule has 2 amide bonds. The SMILES string of the molecule is CC(C)C1NC(=O)CN(c2cccc3ccncc23)C1=O. The number of benzene rings is 1. The van der Waals surface area contributed by atoms with Gasteiger partial charge in [0.05, 0.1) is 5.69 Å². The number of hydrogen-bond donors (Lipinski definition) is 1. The van der Waals surface area contributed by atoms with Crippen LogP contribution in [-0.2, 0) is 9.59 Å². The van der Waals surface area contributed by atoms with Crippen molar-refractivity contribution in [2.24, 2.45) is 5.92 Å². The van der Waals surface area contributed by atoms with Crippen LogP contribution in [0.3, 0.4) is 0 Å². The van der Waals surface area contributed by atoms with Crippen molar-refractivity contribution in [1.82, 2.24) is 10.3 Å². The Kier molecular flexibility index (Phi) is 3.33. The van der Waals surface area contributed by atoms with Crippen LogP contribution in [0.25, 0.3) is 10.8 Å². The minimum atomic E-state index is -0.474. The molecule has 108 valence electrons. The Labute approximate surface area is 123 Å². The number of anilines is 1. The Balaban J connectivity index is 2.08. The van der Waals surface area contributed by atoms with E-state index in [-0.39, 0.29) is 24.3 Å². The predicted molar refractivity (Wildman–Crippen MR) is 80.9 cm³/mol. The summed E-state index contributed by atoms with van der Waals surface area (Å²) in [7, 11) is 0. The van der Waals surface area contributed by atoms with E-state index in [2.05, 4.69) is 10.3 Å². The number of fused-ring (bicyclic) bond motifs is 1. The number of hydrogen-bond acceptors (Lipinski definition) is 3. The van der Waals surface area contributed by atoms with Crippen LogP contribution in [0, 0.1) is 5.92 Å². The zero-order valence-corrected chi connectivity index (χ0v) is 12.0. The number of pyridine rings is 1. The summed E-state index contributed by atoms with van der Waals surface area (Å²) in [6.45, 7) is 3.91. The first kappa shape index (κ1) is 13.5. The van der Waals surface area contributed by atoms with Gasteiger partial charge in [-0.1, -0.05) is 26.0 Å². The highest BCUT2D eigenvalue weighted by molar-refractivity contribution is 6.11. The second-order valence-electron chi connectivity index (χ2n) is 5.59. The van der Waals surface area contributed by atoms with Crippen molar-refractivity contribution in [3.63, 3.8) is 0 Å². The lowest BCUT2D eigenvalue weighted by molar-refractivity contribution is -0.132. The van der Waals surface area contributed by atoms with Gasteiger partial charge in [0, 0.05) is 17.8 Å². The summed E-state index contributed by atoms with van der Waals surface area (Å²) in [6, 6.07) is 7.14. The van der Waals surface area contributed by atoms with Gasteiger partial charge in [0.2, 0.25) is 11.8 Å². The Morgan fingerprint density at radius 1 is 1.29 bits per heavy atom. The molecule has 3 rings (SSSR count). The molecular weight excluding hydrogens is 266 g/mol. The van der Waals surface area contributed by atoms with E-state index in [0.29, 0.717) is 0 Å². The molecule has 1 saturated heterocycles. The van der Waals surface area contributed by atoms with Gasteiger partial charge >= 0.3 is 0 Å². The maximum atomic E-state index is 12.6. The maximum Gasteiger partial charge on any atom is 0.250 e. The lowest BCUT2D eigenvalue weighted by Crippen LogP contribution is -2.60. The number of rotatable bonds is 2. The second-order valence-corrected chi connectivity index (χ2v) is 5.59. The Morgan fingerprint density at radius 3 is 2.86 bits per heavy atom. The topological polar surface area (TPSA) is 62.3 Å². The first-order chi connectivity index (χ1) is 10.1. The average molecular weight is 283 g/mol. The number of carbonyl (C=O) groups excluding carboxylic acids is 2. The fraction of sp³-hybridized carbons (Fsp3) is 0.312. The molecule has 0 bridgehead atoms. The highest BCUT2D eigenvalue weighted by atomic mass is 16.2. The number of piperazine rings is 1. The first-order valence-electron chi connectivity index (χ1n) is 7.01. The van der Waals surface area contributed by atoms with Crippen LogP contribution in [0.1, 0.15) is 13.8 Å². The van der Waals surface area contributed by atoms with E-state index in [4.69, 9.17) is 0 Å². The van der Waals surface area contributed by atoms with E-state index < -0.39 is 6.04 Å². The molecule has 5 heteroatoms. The Bertz CT molecular complexity index is 706. The van der Waals surface area contributed by atoms with Gasteiger partial charge in [-0.3, -0.25) is 14.6 Å². The van der Waals surface area contributed by atoms with Crippen LogP contribution < -0.4 is 10.2 Å². The van der Waals surface area contributed by atoms with Crippen LogP contribution in [0.15, 0.2) is 36.7 Å². The molecule has 2 aromatic rings. The molecule has 5 nitrogen and oxygen atoms in total. The summed E-state index contributed by atoms with van der Waals surface area (Å²) in [6.07, 6.45) is 3.45. The standard InChI is InChI=1S/C16H17N3O2/c1-10(2)15-16(21)19(9-14(20)18-15)13-5-3-4-11-6-7-17-8-12(11)13/h3-8,10,15H,9H2,1-2H3,(H,18,20). The van der Waals surface area contributed by atoms with E-state index in [0.717, 1.165) is 16.5 Å². The van der Waals surface area contributed by atoms with Gasteiger partial charge in [0.1, 0.15) is 12.6 Å². The van der Waals surface area contributed by atoms with Crippen molar-refractivity contribution in [3.05, 3.63) is 36.7 Å². The monoisotopic (exact) mass is 283 g/mol. The smallest absolute Gasteiger partial charge is 0.250 e. The third-order valence-electron chi connectivity index (χ3n) is 3.77. The van der Waals surface area contributed by atoms with Gasteiger partial charge in [-0.05, 0) is 23.4 Å². The van der Waals surface area contributed by atoms with Gasteiger partial charge in [-0.15, -0.1) is 0 Å². The minimum Gasteiger partial charge on any atom is -0.342 e. The predicted octanol–water partition coefficient (Wildman–Crippen LogP) is 1.72. The second kappa shape index (κ2) is 5.16. The summed E-state index contributed by atoms with van der Waals surface area (Å²) < 4.78 is 0. The van der Waals surface area contributed by atoms with Crippen LogP contribution in [0.5, 0.6) is 0 Å². The zero-order chi connectivity index (χ0) is 15.0. The van der Waals surface area contributed by atoms with Gasteiger partial charge in [-0.25, -0.2) is 0 Å². The molecule has 1 unspecified atom stereocenters. The molecule has 21 heavy (non-hydrogen) atoms. The van der Waals surface area contributed by atoms with Crippen molar-refractivity contribution >= 4 is 28.3 Å². The number of carbonyl (C=O) groups is 2. The molecule has 2 heterocycles. The van der Waals surface area contributed by atoms with Gasteiger partial charge in [0.15, 0.2) is 0 Å². The maximum absolute atomic E-state index is 12.6. The molecule has 1 N–H and O–H groups in total. The summed E-state index contributed by atoms with van der Waals surface area (Å²) in [4.78, 5) is 30.3. The molecule has 1 atom stereocenters. The lowest BCUT2D eigenvalue weighted by atomic mass is 9.99. The van der Waals surface area contributed by atoms with Crippen molar-refractivity contribution in [2.75, 3.05) is 11.4 Å². The van der Waals surface area contributed by atoms with E-state index >= 15 is 0 Å². The molecule has 1 aliphatic heterocycles. The number of amides is 2. The molecule has 0 aliphatic carbocycles. The number of aromatic nitrogens is 1. The van der Waals surface area contributed by atoms with Gasteiger partial charge < -0.3 is 10.2 Å². The summed E-state index contributed by atoms with van der Waals surface area (Å²) in [5, 5.41) is 4.65. The molecule has 0 radical (unpaired) electrons. The largest absolute Gasteiger partial charge is 0.342 e. The van der Waals surface area contributed by atoms with Crippen molar-refractivity contribution < 1.29 is 9.59 Å². The summed E-state index contributed by atoms with van der Waals surface area (Å²) in [5.74, 6) is -0.146. The van der Waals surface area contributed by atoms with E-state index in [1.165, 1.54) is 0 Å². The Hall–Kier alpha value is -2.43. The fourth-order valence-electron chi connectivity index (χ4n) is 2.66. The van der Waals surface area contributed by atoms with E-state index in [9.17, 15) is 9.59 Å². The Morgan fingerprint density at radius 2 is 2.10 bits per heavy atom. The molecule has 1 aromatic carbocycles. The van der Waals surface area contributed by atoms with Crippen LogP contribution in [0.2, 0.25) is 0 Å². The third kappa shape index (κ3) is 2.35. The van der Waals surface area contributed by atoms with Gasteiger partial charge in [0.25, 0.3) is 0 Å².